The van der Waals surface area contributed by atoms with Crippen molar-refractivity contribution in [3.05, 3.63) is 22.3 Å². The number of hydrogen-bond acceptors (Lipinski definition) is 5. The highest BCUT2D eigenvalue weighted by molar-refractivity contribution is 9.10. The number of rotatable bonds is 5. The van der Waals surface area contributed by atoms with Gasteiger partial charge in [-0.05, 0) is 28.4 Å². The third-order valence-corrected chi connectivity index (χ3v) is 3.57. The highest BCUT2D eigenvalue weighted by atomic mass is 79.9. The van der Waals surface area contributed by atoms with Crippen molar-refractivity contribution < 1.29 is 13.2 Å². The molecule has 1 amide bonds. The molecule has 0 fully saturated rings. The minimum Gasteiger partial charge on any atom is -0.383 e. The first-order valence-electron chi connectivity index (χ1n) is 5.16. The van der Waals surface area contributed by atoms with E-state index in [1.165, 1.54) is 6.20 Å². The molecular weight excluding hydrogens is 322 g/mol. The smallest absolute Gasteiger partial charge is 0.255 e. The minimum atomic E-state index is -3.00. The zero-order chi connectivity index (χ0) is 13.8. The molecule has 0 aliphatic carbocycles. The number of nitrogen functional groups attached to an aromatic ring is 1. The molecule has 3 N–H and O–H groups in total. The molecule has 0 aromatic carbocycles. The molecule has 6 nitrogen and oxygen atoms in total. The number of aromatic nitrogens is 1. The quantitative estimate of drug-likeness (QED) is 0.766. The summed E-state index contributed by atoms with van der Waals surface area (Å²) in [5.41, 5.74) is 5.84. The van der Waals surface area contributed by atoms with Gasteiger partial charge in [0.15, 0.2) is 0 Å². The van der Waals surface area contributed by atoms with Crippen LogP contribution < -0.4 is 11.1 Å². The summed E-state index contributed by atoms with van der Waals surface area (Å²) in [4.78, 5) is 15.6. The van der Waals surface area contributed by atoms with Crippen molar-refractivity contribution in [2.75, 3.05) is 24.3 Å². The van der Waals surface area contributed by atoms with Crippen molar-refractivity contribution in [2.24, 2.45) is 0 Å². The topological polar surface area (TPSA) is 102 Å². The van der Waals surface area contributed by atoms with E-state index in [0.29, 0.717) is 10.9 Å². The molecule has 0 spiro atoms. The Morgan fingerprint density at radius 2 is 2.22 bits per heavy atom. The molecule has 18 heavy (non-hydrogen) atoms. The molecule has 100 valence electrons. The first-order chi connectivity index (χ1) is 8.29. The van der Waals surface area contributed by atoms with E-state index < -0.39 is 9.84 Å². The van der Waals surface area contributed by atoms with Gasteiger partial charge in [0.25, 0.3) is 5.91 Å². The second kappa shape index (κ2) is 6.14. The molecule has 0 atom stereocenters. The van der Waals surface area contributed by atoms with Gasteiger partial charge in [-0.25, -0.2) is 13.4 Å². The number of halogens is 1. The van der Waals surface area contributed by atoms with Crippen LogP contribution in [0.4, 0.5) is 5.82 Å². The summed E-state index contributed by atoms with van der Waals surface area (Å²) in [6.45, 7) is 0.276. The SMILES string of the molecule is CS(=O)(=O)CCCNC(=O)c1cc(Br)cnc1N. The van der Waals surface area contributed by atoms with Crippen LogP contribution in [0.5, 0.6) is 0 Å². The lowest BCUT2D eigenvalue weighted by molar-refractivity contribution is 0.0954. The molecule has 0 unspecified atom stereocenters. The van der Waals surface area contributed by atoms with Gasteiger partial charge in [-0.15, -0.1) is 0 Å². The maximum absolute atomic E-state index is 11.7. The van der Waals surface area contributed by atoms with E-state index in [9.17, 15) is 13.2 Å². The van der Waals surface area contributed by atoms with Crippen LogP contribution in [0.2, 0.25) is 0 Å². The molecule has 1 aromatic heterocycles. The van der Waals surface area contributed by atoms with Crippen molar-refractivity contribution >= 4 is 37.5 Å². The maximum Gasteiger partial charge on any atom is 0.255 e. The largest absolute Gasteiger partial charge is 0.383 e. The summed E-state index contributed by atoms with van der Waals surface area (Å²) in [5.74, 6) is -0.187. The number of nitrogens with zero attached hydrogens (tertiary/aromatic N) is 1. The lowest BCUT2D eigenvalue weighted by atomic mass is 10.2. The lowest BCUT2D eigenvalue weighted by Gasteiger charge is -2.06. The first kappa shape index (κ1) is 14.9. The van der Waals surface area contributed by atoms with Crippen molar-refractivity contribution in [3.8, 4) is 0 Å². The van der Waals surface area contributed by atoms with E-state index in [2.05, 4.69) is 26.2 Å². The standard InChI is InChI=1S/C10H14BrN3O3S/c1-18(16,17)4-2-3-13-10(15)8-5-7(11)6-14-9(8)12/h5-6H,2-4H2,1H3,(H2,12,14)(H,13,15). The Morgan fingerprint density at radius 3 is 2.83 bits per heavy atom. The monoisotopic (exact) mass is 335 g/mol. The molecule has 0 saturated heterocycles. The van der Waals surface area contributed by atoms with E-state index in [0.717, 1.165) is 6.26 Å². The summed E-state index contributed by atoms with van der Waals surface area (Å²) in [6.07, 6.45) is 3.02. The normalized spacial score (nSPS) is 11.2. The van der Waals surface area contributed by atoms with Crippen molar-refractivity contribution in [3.63, 3.8) is 0 Å². The van der Waals surface area contributed by atoms with Gasteiger partial charge < -0.3 is 11.1 Å². The molecule has 0 aliphatic heterocycles. The van der Waals surface area contributed by atoms with Crippen LogP contribution in [0.1, 0.15) is 16.8 Å². The van der Waals surface area contributed by atoms with Gasteiger partial charge in [-0.3, -0.25) is 4.79 Å². The zero-order valence-electron chi connectivity index (χ0n) is 9.81. The number of sulfone groups is 1. The van der Waals surface area contributed by atoms with Crippen LogP contribution in [0, 0.1) is 0 Å². The number of amides is 1. The van der Waals surface area contributed by atoms with Crippen molar-refractivity contribution in [1.29, 1.82) is 0 Å². The third kappa shape index (κ3) is 5.01. The molecule has 8 heteroatoms. The number of anilines is 1. The van der Waals surface area contributed by atoms with Gasteiger partial charge in [0.05, 0.1) is 11.3 Å². The molecule has 0 radical (unpaired) electrons. The number of carbonyl (C=O) groups is 1. The third-order valence-electron chi connectivity index (χ3n) is 2.11. The zero-order valence-corrected chi connectivity index (χ0v) is 12.2. The van der Waals surface area contributed by atoms with Crippen molar-refractivity contribution in [2.45, 2.75) is 6.42 Å². The van der Waals surface area contributed by atoms with Crippen LogP contribution in [-0.2, 0) is 9.84 Å². The lowest BCUT2D eigenvalue weighted by Crippen LogP contribution is -2.26. The Labute approximate surface area is 114 Å². The fraction of sp³-hybridized carbons (Fsp3) is 0.400. The predicted octanol–water partition coefficient (Wildman–Crippen LogP) is 0.591. The van der Waals surface area contributed by atoms with Gasteiger partial charge in [0, 0.05) is 23.5 Å². The summed E-state index contributed by atoms with van der Waals surface area (Å²) < 4.78 is 22.4. The number of pyridine rings is 1. The molecule has 1 aromatic rings. The highest BCUT2D eigenvalue weighted by Crippen LogP contribution is 2.15. The average Bonchev–Trinajstić information content (AvgIpc) is 2.26. The number of nitrogens with two attached hydrogens (primary N) is 1. The summed E-state index contributed by atoms with van der Waals surface area (Å²) >= 11 is 3.20. The predicted molar refractivity (Wildman–Crippen MR) is 73.0 cm³/mol. The Hall–Kier alpha value is -1.15. The van der Waals surface area contributed by atoms with Crippen LogP contribution in [0.25, 0.3) is 0 Å². The molecule has 1 heterocycles. The molecule has 1 rings (SSSR count). The first-order valence-corrected chi connectivity index (χ1v) is 8.02. The van der Waals surface area contributed by atoms with E-state index in [1.807, 2.05) is 0 Å². The molecule has 0 aliphatic rings. The fourth-order valence-corrected chi connectivity index (χ4v) is 2.26. The Morgan fingerprint density at radius 1 is 1.56 bits per heavy atom. The Kier molecular flexibility index (Phi) is 5.09. The van der Waals surface area contributed by atoms with Gasteiger partial charge >= 0.3 is 0 Å². The number of hydrogen-bond donors (Lipinski definition) is 2. The highest BCUT2D eigenvalue weighted by Gasteiger charge is 2.11. The molecule has 0 bridgehead atoms. The van der Waals surface area contributed by atoms with E-state index in [1.54, 1.807) is 6.07 Å². The Balaban J connectivity index is 2.53. The minimum absolute atomic E-state index is 0.0412. The van der Waals surface area contributed by atoms with Gasteiger partial charge in [-0.2, -0.15) is 0 Å². The van der Waals surface area contributed by atoms with Crippen LogP contribution >= 0.6 is 15.9 Å². The maximum atomic E-state index is 11.7. The number of nitrogens with one attached hydrogen (secondary N) is 1. The van der Waals surface area contributed by atoms with Crippen molar-refractivity contribution in [1.82, 2.24) is 10.3 Å². The molecular formula is C10H14BrN3O3S. The van der Waals surface area contributed by atoms with Crippen LogP contribution in [0.3, 0.4) is 0 Å². The van der Waals surface area contributed by atoms with Gasteiger partial charge in [0.2, 0.25) is 0 Å². The van der Waals surface area contributed by atoms with Crippen LogP contribution in [-0.4, -0.2) is 37.9 Å². The fourth-order valence-electron chi connectivity index (χ4n) is 1.26. The van der Waals surface area contributed by atoms with E-state index in [-0.39, 0.29) is 29.6 Å². The van der Waals surface area contributed by atoms with Gasteiger partial charge in [0.1, 0.15) is 15.7 Å². The van der Waals surface area contributed by atoms with E-state index >= 15 is 0 Å². The summed E-state index contributed by atoms with van der Waals surface area (Å²) in [7, 11) is -3.00. The second-order valence-corrected chi connectivity index (χ2v) is 7.00. The van der Waals surface area contributed by atoms with Crippen LogP contribution in [0.15, 0.2) is 16.7 Å². The number of carbonyl (C=O) groups excluding carboxylic acids is 1. The van der Waals surface area contributed by atoms with Gasteiger partial charge in [-0.1, -0.05) is 0 Å². The van der Waals surface area contributed by atoms with E-state index in [4.69, 9.17) is 5.73 Å². The average molecular weight is 336 g/mol. The molecule has 0 saturated carbocycles. The summed E-state index contributed by atoms with van der Waals surface area (Å²) in [5, 5.41) is 2.60. The summed E-state index contributed by atoms with van der Waals surface area (Å²) in [6, 6.07) is 1.56. The Bertz CT molecular complexity index is 545. The second-order valence-electron chi connectivity index (χ2n) is 3.83.